The van der Waals surface area contributed by atoms with Crippen LogP contribution in [0.2, 0.25) is 19.6 Å². The van der Waals surface area contributed by atoms with E-state index in [2.05, 4.69) is 19.6 Å². The van der Waals surface area contributed by atoms with Gasteiger partial charge in [0.2, 0.25) is 0 Å². The zero-order valence-corrected chi connectivity index (χ0v) is 10.7. The van der Waals surface area contributed by atoms with Gasteiger partial charge in [-0.3, -0.25) is 10.1 Å². The molecule has 0 saturated heterocycles. The summed E-state index contributed by atoms with van der Waals surface area (Å²) in [4.78, 5) is 10.6. The smallest absolute Gasteiger partial charge is 0.258 e. The largest absolute Gasteiger partial charge is 0.272 e. The van der Waals surface area contributed by atoms with Gasteiger partial charge >= 0.3 is 0 Å². The molecule has 0 amide bonds. The molecule has 0 fully saturated rings. The number of benzene rings is 1. The summed E-state index contributed by atoms with van der Waals surface area (Å²) in [5.41, 5.74) is 2.25. The van der Waals surface area contributed by atoms with Crippen molar-refractivity contribution < 1.29 is 4.92 Å². The average molecular weight is 223 g/mol. The van der Waals surface area contributed by atoms with Crippen LogP contribution in [0.5, 0.6) is 0 Å². The number of hydrogen-bond acceptors (Lipinski definition) is 2. The lowest BCUT2D eigenvalue weighted by molar-refractivity contribution is -0.385. The van der Waals surface area contributed by atoms with Crippen molar-refractivity contribution in [1.29, 1.82) is 0 Å². The van der Waals surface area contributed by atoms with Crippen molar-refractivity contribution in [3.05, 3.63) is 39.4 Å². The molecular formula is C11H17NO2Si. The van der Waals surface area contributed by atoms with Crippen molar-refractivity contribution in [1.82, 2.24) is 0 Å². The molecule has 15 heavy (non-hydrogen) atoms. The van der Waals surface area contributed by atoms with Crippen molar-refractivity contribution in [2.75, 3.05) is 0 Å². The first-order valence-corrected chi connectivity index (χ1v) is 8.74. The van der Waals surface area contributed by atoms with Crippen LogP contribution in [0.4, 0.5) is 5.69 Å². The molecule has 0 atom stereocenters. The number of nitro groups is 1. The fourth-order valence-electron chi connectivity index (χ4n) is 1.61. The van der Waals surface area contributed by atoms with Gasteiger partial charge in [0.25, 0.3) is 5.69 Å². The molecule has 0 radical (unpaired) electrons. The molecule has 0 aliphatic carbocycles. The number of nitro benzene ring substituents is 1. The number of rotatable bonds is 3. The summed E-state index contributed by atoms with van der Waals surface area (Å²) in [6.07, 6.45) is 0. The molecule has 0 saturated carbocycles. The highest BCUT2D eigenvalue weighted by atomic mass is 28.3. The Balaban J connectivity index is 3.13. The van der Waals surface area contributed by atoms with E-state index in [4.69, 9.17) is 0 Å². The lowest BCUT2D eigenvalue weighted by Gasteiger charge is -2.15. The monoisotopic (exact) mass is 223 g/mol. The van der Waals surface area contributed by atoms with Crippen LogP contribution in [0.15, 0.2) is 18.2 Å². The van der Waals surface area contributed by atoms with E-state index in [0.29, 0.717) is 0 Å². The molecular weight excluding hydrogens is 206 g/mol. The van der Waals surface area contributed by atoms with Gasteiger partial charge < -0.3 is 0 Å². The van der Waals surface area contributed by atoms with Crippen LogP contribution in [-0.4, -0.2) is 13.0 Å². The maximum atomic E-state index is 10.8. The maximum absolute atomic E-state index is 10.8. The van der Waals surface area contributed by atoms with E-state index in [9.17, 15) is 10.1 Å². The topological polar surface area (TPSA) is 43.1 Å². The molecule has 0 aromatic heterocycles. The second-order valence-corrected chi connectivity index (χ2v) is 10.6. The Labute approximate surface area is 91.3 Å². The second kappa shape index (κ2) is 4.14. The van der Waals surface area contributed by atoms with Gasteiger partial charge in [0.05, 0.1) is 4.92 Å². The Bertz CT molecular complexity index is 383. The molecule has 0 unspecified atom stereocenters. The summed E-state index contributed by atoms with van der Waals surface area (Å²) in [6.45, 7) is 8.63. The summed E-state index contributed by atoms with van der Waals surface area (Å²) in [6, 6.07) is 6.22. The summed E-state index contributed by atoms with van der Waals surface area (Å²) < 4.78 is 0. The summed E-state index contributed by atoms with van der Waals surface area (Å²) in [5, 5.41) is 10.8. The van der Waals surface area contributed by atoms with Crippen molar-refractivity contribution >= 4 is 13.8 Å². The quantitative estimate of drug-likeness (QED) is 0.448. The zero-order chi connectivity index (χ0) is 11.6. The molecule has 1 aromatic carbocycles. The summed E-state index contributed by atoms with van der Waals surface area (Å²) in [7, 11) is -1.30. The van der Waals surface area contributed by atoms with Crippen molar-refractivity contribution in [2.45, 2.75) is 32.6 Å². The minimum atomic E-state index is -1.30. The Morgan fingerprint density at radius 1 is 1.33 bits per heavy atom. The molecule has 1 rings (SSSR count). The molecule has 0 bridgehead atoms. The first-order valence-electron chi connectivity index (χ1n) is 5.03. The van der Waals surface area contributed by atoms with E-state index >= 15 is 0 Å². The van der Waals surface area contributed by atoms with Crippen molar-refractivity contribution in [2.24, 2.45) is 0 Å². The van der Waals surface area contributed by atoms with Gasteiger partial charge in [-0.1, -0.05) is 31.3 Å². The molecule has 3 nitrogen and oxygen atoms in total. The van der Waals surface area contributed by atoms with Gasteiger partial charge in [0, 0.05) is 19.7 Å². The highest BCUT2D eigenvalue weighted by molar-refractivity contribution is 6.75. The van der Waals surface area contributed by atoms with Gasteiger partial charge in [-0.25, -0.2) is 0 Å². The standard InChI is InChI=1S/C11H17NO2Si/c1-9-5-6-11(12(13)14)10(7-9)8-15(2,3)4/h5-7H,8H2,1-4H3. The van der Waals surface area contributed by atoms with E-state index in [-0.39, 0.29) is 10.6 Å². The lowest BCUT2D eigenvalue weighted by atomic mass is 10.1. The third kappa shape index (κ3) is 3.47. The predicted octanol–water partition coefficient (Wildman–Crippen LogP) is 3.32. The Hall–Kier alpha value is -1.16. The summed E-state index contributed by atoms with van der Waals surface area (Å²) in [5.74, 6) is 0. The Morgan fingerprint density at radius 2 is 1.93 bits per heavy atom. The highest BCUT2D eigenvalue weighted by Gasteiger charge is 2.20. The SMILES string of the molecule is Cc1ccc([N+](=O)[O-])c(C[Si](C)(C)C)c1. The van der Waals surface area contributed by atoms with E-state index in [1.165, 1.54) is 0 Å². The van der Waals surface area contributed by atoms with Gasteiger partial charge in [0.1, 0.15) is 0 Å². The first-order chi connectivity index (χ1) is 6.79. The zero-order valence-electron chi connectivity index (χ0n) is 9.70. The molecule has 0 aliphatic rings. The maximum Gasteiger partial charge on any atom is 0.272 e. The minimum absolute atomic E-state index is 0.267. The first kappa shape index (κ1) is 11.9. The fourth-order valence-corrected chi connectivity index (χ4v) is 3.03. The van der Waals surface area contributed by atoms with E-state index in [0.717, 1.165) is 17.2 Å². The lowest BCUT2D eigenvalue weighted by Crippen LogP contribution is -2.24. The second-order valence-electron chi connectivity index (χ2n) is 5.13. The summed E-state index contributed by atoms with van der Waals surface area (Å²) >= 11 is 0. The van der Waals surface area contributed by atoms with Gasteiger partial charge in [-0.05, 0) is 19.0 Å². The average Bonchev–Trinajstić information content (AvgIpc) is 1.99. The number of hydrogen-bond donors (Lipinski definition) is 0. The minimum Gasteiger partial charge on any atom is -0.258 e. The van der Waals surface area contributed by atoms with Crippen molar-refractivity contribution in [3.63, 3.8) is 0 Å². The third-order valence-corrected chi connectivity index (χ3v) is 3.59. The molecule has 0 N–H and O–H groups in total. The van der Waals surface area contributed by atoms with Crippen LogP contribution in [-0.2, 0) is 6.04 Å². The van der Waals surface area contributed by atoms with E-state index in [1.54, 1.807) is 12.1 Å². The van der Waals surface area contributed by atoms with Gasteiger partial charge in [-0.15, -0.1) is 0 Å². The van der Waals surface area contributed by atoms with E-state index in [1.807, 2.05) is 13.0 Å². The van der Waals surface area contributed by atoms with Gasteiger partial charge in [-0.2, -0.15) is 0 Å². The van der Waals surface area contributed by atoms with Crippen LogP contribution in [0, 0.1) is 17.0 Å². The number of aryl methyl sites for hydroxylation is 1. The van der Waals surface area contributed by atoms with Crippen LogP contribution >= 0.6 is 0 Å². The van der Waals surface area contributed by atoms with Crippen LogP contribution in [0.1, 0.15) is 11.1 Å². The molecule has 0 aliphatic heterocycles. The number of nitrogens with zero attached hydrogens (tertiary/aromatic N) is 1. The molecule has 0 spiro atoms. The van der Waals surface area contributed by atoms with Crippen molar-refractivity contribution in [3.8, 4) is 0 Å². The van der Waals surface area contributed by atoms with Crippen LogP contribution < -0.4 is 0 Å². The highest BCUT2D eigenvalue weighted by Crippen LogP contribution is 2.23. The molecule has 1 aromatic rings. The molecule has 4 heteroatoms. The fraction of sp³-hybridized carbons (Fsp3) is 0.455. The van der Waals surface area contributed by atoms with Crippen LogP contribution in [0.3, 0.4) is 0 Å². The molecule has 82 valence electrons. The predicted molar refractivity (Wildman–Crippen MR) is 64.9 cm³/mol. The molecule has 0 heterocycles. The Kier molecular flexibility index (Phi) is 3.29. The van der Waals surface area contributed by atoms with Crippen LogP contribution in [0.25, 0.3) is 0 Å². The van der Waals surface area contributed by atoms with E-state index < -0.39 is 8.07 Å². The third-order valence-electron chi connectivity index (χ3n) is 2.15. The Morgan fingerprint density at radius 3 is 2.40 bits per heavy atom. The van der Waals surface area contributed by atoms with Gasteiger partial charge in [0.15, 0.2) is 0 Å². The normalized spacial score (nSPS) is 11.5.